The third kappa shape index (κ3) is 6.27. The molecule has 2 nitrogen and oxygen atoms in total. The molecular formula is C48H46N2. The van der Waals surface area contributed by atoms with Gasteiger partial charge in [-0.3, -0.25) is 9.97 Å². The fourth-order valence-electron chi connectivity index (χ4n) is 8.06. The molecule has 2 heteroatoms. The van der Waals surface area contributed by atoms with Crippen molar-refractivity contribution >= 4 is 32.3 Å². The maximum absolute atomic E-state index is 4.87. The summed E-state index contributed by atoms with van der Waals surface area (Å²) in [6.07, 6.45) is 12.5. The molecule has 0 saturated carbocycles. The predicted molar refractivity (Wildman–Crippen MR) is 215 cm³/mol. The highest BCUT2D eigenvalue weighted by molar-refractivity contribution is 6.16. The van der Waals surface area contributed by atoms with E-state index in [0.717, 1.165) is 24.2 Å². The second-order valence-corrected chi connectivity index (χ2v) is 13.7. The summed E-state index contributed by atoms with van der Waals surface area (Å²) in [5.74, 6) is 1.17. The van der Waals surface area contributed by atoms with Crippen LogP contribution in [0.25, 0.3) is 54.8 Å². The van der Waals surface area contributed by atoms with Crippen LogP contribution in [-0.4, -0.2) is 9.97 Å². The van der Waals surface area contributed by atoms with Crippen LogP contribution in [0.4, 0.5) is 0 Å². The molecule has 2 aromatic heterocycles. The molecule has 4 atom stereocenters. The summed E-state index contributed by atoms with van der Waals surface area (Å²) in [6.45, 7) is 13.4. The summed E-state index contributed by atoms with van der Waals surface area (Å²) in [7, 11) is 0. The topological polar surface area (TPSA) is 25.8 Å². The van der Waals surface area contributed by atoms with Crippen molar-refractivity contribution in [3.8, 4) is 22.5 Å². The first kappa shape index (κ1) is 33.2. The van der Waals surface area contributed by atoms with Crippen molar-refractivity contribution in [3.63, 3.8) is 0 Å². The van der Waals surface area contributed by atoms with Crippen LogP contribution < -0.4 is 0 Å². The zero-order valence-corrected chi connectivity index (χ0v) is 29.7. The lowest BCUT2D eigenvalue weighted by atomic mass is 9.70. The molecule has 7 rings (SSSR count). The van der Waals surface area contributed by atoms with Crippen molar-refractivity contribution < 1.29 is 0 Å². The van der Waals surface area contributed by atoms with Crippen molar-refractivity contribution in [1.29, 1.82) is 0 Å². The Balaban J connectivity index is 1.34. The van der Waals surface area contributed by atoms with Gasteiger partial charge in [-0.15, -0.1) is 6.58 Å². The van der Waals surface area contributed by atoms with E-state index in [9.17, 15) is 0 Å². The Bertz CT molecular complexity index is 2240. The molecule has 0 fully saturated rings. The monoisotopic (exact) mass is 650 g/mol. The predicted octanol–water partition coefficient (Wildman–Crippen LogP) is 13.1. The fraction of sp³-hybridized carbons (Fsp3) is 0.208. The molecule has 0 aliphatic carbocycles. The molecule has 2 heterocycles. The van der Waals surface area contributed by atoms with Gasteiger partial charge >= 0.3 is 0 Å². The lowest BCUT2D eigenvalue weighted by molar-refractivity contribution is 0.303. The maximum atomic E-state index is 4.87. The number of allylic oxidation sites excluding steroid dienone is 3. The smallest absolute Gasteiger partial charge is 0.0886 e. The van der Waals surface area contributed by atoms with Gasteiger partial charge in [-0.2, -0.15) is 0 Å². The van der Waals surface area contributed by atoms with Crippen LogP contribution in [0.1, 0.15) is 62.6 Å². The lowest BCUT2D eigenvalue weighted by Gasteiger charge is -2.34. The summed E-state index contributed by atoms with van der Waals surface area (Å²) < 4.78 is 0. The standard InChI is InChI=1S/C48H46N2/c1-6-15-39(38-26-27-46(50-31-38)45-21-13-14-28-49-45)32(4)33(5)40(16-7-2)48-43-19-11-9-17-41(43)47(42-18-10-12-20-44(42)48)37-25-24-35-29-34(8-3)22-23-36(35)30-37/h6-7,9-14,16-33,39-40H,1,8,15H2,2-5H3/b16-7-. The van der Waals surface area contributed by atoms with Crippen LogP contribution in [0.2, 0.25) is 0 Å². The Hall–Kier alpha value is -5.34. The minimum absolute atomic E-state index is 0.205. The average Bonchev–Trinajstić information content (AvgIpc) is 3.17. The normalized spacial score (nSPS) is 14.2. The van der Waals surface area contributed by atoms with Crippen LogP contribution in [0, 0.1) is 11.8 Å². The SMILES string of the molecule is C=CCC(c1ccc(-c2ccccn2)nc1)C(C)C(C)C(/C=C\C)c1c2ccccc2c(-c2ccc3cc(CC)ccc3c2)c2ccccc12. The fourth-order valence-corrected chi connectivity index (χ4v) is 8.06. The number of aryl methyl sites for hydroxylation is 1. The number of fused-ring (bicyclic) bond motifs is 3. The molecule has 0 N–H and O–H groups in total. The Morgan fingerprint density at radius 2 is 1.34 bits per heavy atom. The first-order chi connectivity index (χ1) is 24.5. The maximum Gasteiger partial charge on any atom is 0.0886 e. The number of hydrogen-bond acceptors (Lipinski definition) is 2. The average molecular weight is 651 g/mol. The number of aromatic nitrogens is 2. The Labute approximate surface area is 297 Å². The Morgan fingerprint density at radius 1 is 0.680 bits per heavy atom. The molecule has 0 aliphatic rings. The summed E-state index contributed by atoms with van der Waals surface area (Å²) in [5, 5.41) is 7.83. The molecule has 50 heavy (non-hydrogen) atoms. The van der Waals surface area contributed by atoms with E-state index in [2.05, 4.69) is 161 Å². The minimum atomic E-state index is 0.205. The van der Waals surface area contributed by atoms with Gasteiger partial charge in [0.15, 0.2) is 0 Å². The quantitative estimate of drug-likeness (QED) is 0.103. The summed E-state index contributed by atoms with van der Waals surface area (Å²) in [5.41, 5.74) is 8.39. The van der Waals surface area contributed by atoms with Crippen LogP contribution in [0.3, 0.4) is 0 Å². The first-order valence-electron chi connectivity index (χ1n) is 18.1. The van der Waals surface area contributed by atoms with Crippen LogP contribution >= 0.6 is 0 Å². The number of hydrogen-bond donors (Lipinski definition) is 0. The molecule has 248 valence electrons. The van der Waals surface area contributed by atoms with Crippen LogP contribution in [0.15, 0.2) is 152 Å². The summed E-state index contributed by atoms with van der Waals surface area (Å²) in [6, 6.07) is 42.3. The number of pyridine rings is 2. The Morgan fingerprint density at radius 3 is 1.96 bits per heavy atom. The van der Waals surface area contributed by atoms with E-state index < -0.39 is 0 Å². The molecule has 0 radical (unpaired) electrons. The second kappa shape index (κ2) is 14.6. The number of nitrogens with zero attached hydrogens (tertiary/aromatic N) is 2. The molecule has 7 aromatic rings. The van der Waals surface area contributed by atoms with Gasteiger partial charge in [0.1, 0.15) is 0 Å². The Kier molecular flexibility index (Phi) is 9.72. The van der Waals surface area contributed by atoms with Gasteiger partial charge in [-0.25, -0.2) is 0 Å². The van der Waals surface area contributed by atoms with E-state index >= 15 is 0 Å². The number of benzene rings is 5. The van der Waals surface area contributed by atoms with Gasteiger partial charge < -0.3 is 0 Å². The van der Waals surface area contributed by atoms with Crippen molar-refractivity contribution in [2.75, 3.05) is 0 Å². The van der Waals surface area contributed by atoms with E-state index in [1.165, 1.54) is 60.1 Å². The van der Waals surface area contributed by atoms with E-state index in [1.807, 2.05) is 24.4 Å². The van der Waals surface area contributed by atoms with E-state index in [-0.39, 0.29) is 11.8 Å². The van der Waals surface area contributed by atoms with E-state index in [4.69, 9.17) is 4.98 Å². The molecule has 0 aliphatic heterocycles. The largest absolute Gasteiger partial charge is 0.255 e. The highest BCUT2D eigenvalue weighted by Gasteiger charge is 2.31. The minimum Gasteiger partial charge on any atom is -0.255 e. The summed E-state index contributed by atoms with van der Waals surface area (Å²) in [4.78, 5) is 9.38. The van der Waals surface area contributed by atoms with Crippen LogP contribution in [-0.2, 0) is 6.42 Å². The highest BCUT2D eigenvalue weighted by atomic mass is 14.8. The molecular weight excluding hydrogens is 605 g/mol. The van der Waals surface area contributed by atoms with Gasteiger partial charge in [0, 0.05) is 18.3 Å². The molecule has 0 spiro atoms. The third-order valence-corrected chi connectivity index (χ3v) is 10.9. The van der Waals surface area contributed by atoms with Gasteiger partial charge in [0.2, 0.25) is 0 Å². The van der Waals surface area contributed by atoms with E-state index in [1.54, 1.807) is 0 Å². The van der Waals surface area contributed by atoms with Gasteiger partial charge in [-0.1, -0.05) is 130 Å². The number of rotatable bonds is 11. The van der Waals surface area contributed by atoms with Crippen molar-refractivity contribution in [2.24, 2.45) is 11.8 Å². The van der Waals surface area contributed by atoms with Gasteiger partial charge in [-0.05, 0) is 122 Å². The van der Waals surface area contributed by atoms with Crippen molar-refractivity contribution in [3.05, 3.63) is 169 Å². The van der Waals surface area contributed by atoms with Gasteiger partial charge in [0.25, 0.3) is 0 Å². The summed E-state index contributed by atoms with van der Waals surface area (Å²) >= 11 is 0. The second-order valence-electron chi connectivity index (χ2n) is 13.7. The molecule has 0 bridgehead atoms. The van der Waals surface area contributed by atoms with Crippen LogP contribution in [0.5, 0.6) is 0 Å². The lowest BCUT2D eigenvalue weighted by Crippen LogP contribution is -2.23. The molecule has 4 unspecified atom stereocenters. The molecule has 0 amide bonds. The zero-order valence-electron chi connectivity index (χ0n) is 29.7. The molecule has 0 saturated heterocycles. The van der Waals surface area contributed by atoms with Crippen molar-refractivity contribution in [2.45, 2.75) is 52.4 Å². The highest BCUT2D eigenvalue weighted by Crippen LogP contribution is 2.47. The zero-order chi connectivity index (χ0) is 34.6. The van der Waals surface area contributed by atoms with E-state index in [0.29, 0.717) is 11.8 Å². The van der Waals surface area contributed by atoms with Gasteiger partial charge in [0.05, 0.1) is 11.4 Å². The van der Waals surface area contributed by atoms with Crippen molar-refractivity contribution in [1.82, 2.24) is 9.97 Å². The third-order valence-electron chi connectivity index (χ3n) is 10.9. The molecule has 5 aromatic carbocycles. The first-order valence-corrected chi connectivity index (χ1v) is 18.1.